The first-order valence-corrected chi connectivity index (χ1v) is 6.23. The van der Waals surface area contributed by atoms with Gasteiger partial charge < -0.3 is 5.11 Å². The summed E-state index contributed by atoms with van der Waals surface area (Å²) in [5, 5.41) is 12.8. The Labute approximate surface area is 122 Å². The Balaban J connectivity index is 2.15. The Morgan fingerprint density at radius 3 is 2.43 bits per heavy atom. The Morgan fingerprint density at radius 2 is 1.90 bits per heavy atom. The maximum atomic E-state index is 12.4. The van der Waals surface area contributed by atoms with Gasteiger partial charge in [0.25, 0.3) is 0 Å². The molecule has 21 heavy (non-hydrogen) atoms. The molecule has 0 fully saturated rings. The van der Waals surface area contributed by atoms with E-state index >= 15 is 0 Å². The van der Waals surface area contributed by atoms with Crippen LogP contribution < -0.4 is 0 Å². The van der Waals surface area contributed by atoms with Crippen LogP contribution in [0, 0.1) is 0 Å². The van der Waals surface area contributed by atoms with Crippen LogP contribution >= 0.6 is 11.6 Å². The van der Waals surface area contributed by atoms with Gasteiger partial charge in [-0.05, 0) is 17.7 Å². The minimum atomic E-state index is -4.38. The molecule has 1 N–H and O–H groups in total. The fourth-order valence-electron chi connectivity index (χ4n) is 1.77. The zero-order valence-electron chi connectivity index (χ0n) is 10.6. The Morgan fingerprint density at radius 1 is 1.29 bits per heavy atom. The molecule has 1 aromatic heterocycles. The first-order valence-electron chi connectivity index (χ1n) is 5.85. The number of carboxylic acids is 1. The number of aromatic nitrogens is 2. The van der Waals surface area contributed by atoms with Crippen molar-refractivity contribution in [3.05, 3.63) is 52.3 Å². The topological polar surface area (TPSA) is 55.1 Å². The van der Waals surface area contributed by atoms with Crippen molar-refractivity contribution in [3.8, 4) is 0 Å². The summed E-state index contributed by atoms with van der Waals surface area (Å²) in [6.07, 6.45) is -3.30. The highest BCUT2D eigenvalue weighted by atomic mass is 35.5. The lowest BCUT2D eigenvalue weighted by Gasteiger charge is -2.08. The highest BCUT2D eigenvalue weighted by Crippen LogP contribution is 2.29. The quantitative estimate of drug-likeness (QED) is 0.941. The highest BCUT2D eigenvalue weighted by molar-refractivity contribution is 6.30. The average Bonchev–Trinajstić information content (AvgIpc) is 2.70. The van der Waals surface area contributed by atoms with Crippen LogP contribution in [0.5, 0.6) is 0 Å². The van der Waals surface area contributed by atoms with Crippen molar-refractivity contribution < 1.29 is 23.1 Å². The van der Waals surface area contributed by atoms with Crippen molar-refractivity contribution in [1.82, 2.24) is 9.78 Å². The lowest BCUT2D eigenvalue weighted by atomic mass is 10.1. The molecule has 2 rings (SSSR count). The van der Waals surface area contributed by atoms with Gasteiger partial charge in [0.1, 0.15) is 5.15 Å². The Kier molecular flexibility index (Phi) is 4.22. The molecule has 0 aliphatic heterocycles. The van der Waals surface area contributed by atoms with Crippen molar-refractivity contribution in [2.45, 2.75) is 19.1 Å². The lowest BCUT2D eigenvalue weighted by molar-refractivity contribution is -0.138. The summed E-state index contributed by atoms with van der Waals surface area (Å²) in [5.74, 6) is -1.04. The minimum Gasteiger partial charge on any atom is -0.481 e. The van der Waals surface area contributed by atoms with Crippen LogP contribution in [0.3, 0.4) is 0 Å². The molecule has 0 unspecified atom stereocenters. The van der Waals surface area contributed by atoms with Crippen LogP contribution in [0.1, 0.15) is 16.7 Å². The van der Waals surface area contributed by atoms with Gasteiger partial charge in [0.05, 0.1) is 24.7 Å². The van der Waals surface area contributed by atoms with Crippen molar-refractivity contribution in [1.29, 1.82) is 0 Å². The summed E-state index contributed by atoms with van der Waals surface area (Å²) >= 11 is 5.98. The molecule has 112 valence electrons. The van der Waals surface area contributed by atoms with Crippen LogP contribution in [0.15, 0.2) is 30.5 Å². The van der Waals surface area contributed by atoms with Crippen molar-refractivity contribution >= 4 is 17.6 Å². The molecular weight excluding hydrogens is 309 g/mol. The normalized spacial score (nSPS) is 11.6. The number of carboxylic acid groups (broad SMARTS) is 1. The second-order valence-electron chi connectivity index (χ2n) is 4.38. The zero-order chi connectivity index (χ0) is 15.6. The molecule has 0 saturated heterocycles. The van der Waals surface area contributed by atoms with Crippen LogP contribution in [0.4, 0.5) is 13.2 Å². The molecule has 0 bridgehead atoms. The van der Waals surface area contributed by atoms with Gasteiger partial charge in [-0.3, -0.25) is 4.79 Å². The van der Waals surface area contributed by atoms with Crippen LogP contribution in [-0.4, -0.2) is 20.9 Å². The molecule has 1 aromatic carbocycles. The number of hydrogen-bond donors (Lipinski definition) is 1. The van der Waals surface area contributed by atoms with Crippen LogP contribution in [0.25, 0.3) is 0 Å². The van der Waals surface area contributed by atoms with Crippen molar-refractivity contribution in [2.24, 2.45) is 0 Å². The summed E-state index contributed by atoms with van der Waals surface area (Å²) in [7, 11) is 0. The number of halogens is 4. The number of benzene rings is 1. The van der Waals surface area contributed by atoms with E-state index in [9.17, 15) is 18.0 Å². The Hall–Kier alpha value is -2.02. The molecular formula is C13H10ClF3N2O2. The predicted octanol–water partition coefficient (Wildman–Crippen LogP) is 3.23. The number of nitrogens with zero attached hydrogens (tertiary/aromatic N) is 2. The van der Waals surface area contributed by atoms with E-state index < -0.39 is 17.7 Å². The highest BCUT2D eigenvalue weighted by Gasteiger charge is 2.29. The molecule has 0 atom stereocenters. The van der Waals surface area contributed by atoms with Crippen molar-refractivity contribution in [2.75, 3.05) is 0 Å². The molecule has 0 aliphatic rings. The SMILES string of the molecule is O=C(O)Cc1cnn(Cc2ccc(C(F)(F)F)cc2)c1Cl. The van der Waals surface area contributed by atoms with Gasteiger partial charge in [0.2, 0.25) is 0 Å². The van der Waals surface area contributed by atoms with Gasteiger partial charge in [0, 0.05) is 5.56 Å². The number of rotatable bonds is 4. The van der Waals surface area contributed by atoms with Gasteiger partial charge in [-0.2, -0.15) is 18.3 Å². The largest absolute Gasteiger partial charge is 0.481 e. The van der Waals surface area contributed by atoms with E-state index in [1.54, 1.807) is 0 Å². The standard InChI is InChI=1S/C13H10ClF3N2O2/c14-12-9(5-11(20)21)6-18-19(12)7-8-1-3-10(4-2-8)13(15,16)17/h1-4,6H,5,7H2,(H,20,21). The van der Waals surface area contributed by atoms with E-state index in [0.29, 0.717) is 11.1 Å². The van der Waals surface area contributed by atoms with E-state index in [4.69, 9.17) is 16.7 Å². The molecule has 1 heterocycles. The van der Waals surface area contributed by atoms with Crippen LogP contribution in [-0.2, 0) is 23.9 Å². The molecule has 0 aliphatic carbocycles. The van der Waals surface area contributed by atoms with E-state index in [2.05, 4.69) is 5.10 Å². The first kappa shape index (κ1) is 15.4. The Bertz CT molecular complexity index is 650. The molecule has 2 aromatic rings. The van der Waals surface area contributed by atoms with E-state index in [0.717, 1.165) is 12.1 Å². The third kappa shape index (κ3) is 3.75. The maximum Gasteiger partial charge on any atom is 0.416 e. The number of alkyl halides is 3. The smallest absolute Gasteiger partial charge is 0.416 e. The summed E-state index contributed by atoms with van der Waals surface area (Å²) in [6, 6.07) is 4.62. The summed E-state index contributed by atoms with van der Waals surface area (Å²) < 4.78 is 38.7. The van der Waals surface area contributed by atoms with Gasteiger partial charge in [-0.25, -0.2) is 4.68 Å². The molecule has 0 saturated carbocycles. The second-order valence-corrected chi connectivity index (χ2v) is 4.74. The number of aliphatic carboxylic acids is 1. The van der Waals surface area contributed by atoms with E-state index in [-0.39, 0.29) is 18.1 Å². The van der Waals surface area contributed by atoms with Gasteiger partial charge in [0.15, 0.2) is 0 Å². The average molecular weight is 319 g/mol. The fraction of sp³-hybridized carbons (Fsp3) is 0.231. The van der Waals surface area contributed by atoms with Crippen molar-refractivity contribution in [3.63, 3.8) is 0 Å². The lowest BCUT2D eigenvalue weighted by Crippen LogP contribution is -2.06. The molecule has 0 spiro atoms. The minimum absolute atomic E-state index is 0.163. The van der Waals surface area contributed by atoms with E-state index in [1.807, 2.05) is 0 Å². The number of hydrogen-bond acceptors (Lipinski definition) is 2. The predicted molar refractivity (Wildman–Crippen MR) is 69.1 cm³/mol. The molecule has 0 amide bonds. The molecule has 4 nitrogen and oxygen atoms in total. The van der Waals surface area contributed by atoms with E-state index in [1.165, 1.54) is 23.0 Å². The third-order valence-electron chi connectivity index (χ3n) is 2.80. The number of carbonyl (C=O) groups is 1. The molecule has 0 radical (unpaired) electrons. The molecule has 8 heteroatoms. The van der Waals surface area contributed by atoms with Gasteiger partial charge >= 0.3 is 12.1 Å². The first-order chi connectivity index (χ1) is 9.77. The van der Waals surface area contributed by atoms with Gasteiger partial charge in [-0.15, -0.1) is 0 Å². The zero-order valence-corrected chi connectivity index (χ0v) is 11.3. The fourth-order valence-corrected chi connectivity index (χ4v) is 1.99. The maximum absolute atomic E-state index is 12.4. The summed E-state index contributed by atoms with van der Waals surface area (Å²) in [5.41, 5.74) is 0.204. The van der Waals surface area contributed by atoms with Crippen LogP contribution in [0.2, 0.25) is 5.15 Å². The second kappa shape index (κ2) is 5.77. The summed E-state index contributed by atoms with van der Waals surface area (Å²) in [4.78, 5) is 10.6. The third-order valence-corrected chi connectivity index (χ3v) is 3.24. The monoisotopic (exact) mass is 318 g/mol. The van der Waals surface area contributed by atoms with Gasteiger partial charge in [-0.1, -0.05) is 23.7 Å². The summed E-state index contributed by atoms with van der Waals surface area (Å²) in [6.45, 7) is 0.163.